The van der Waals surface area contributed by atoms with E-state index in [1.165, 1.54) is 10.4 Å². The maximum absolute atomic E-state index is 13.0. The minimum Gasteiger partial charge on any atom is -0.454 e. The lowest BCUT2D eigenvalue weighted by atomic mass is 10.2. The van der Waals surface area contributed by atoms with Crippen LogP contribution < -0.4 is 9.47 Å². The first-order valence-electron chi connectivity index (χ1n) is 9.63. The molecule has 2 aliphatic rings. The molecule has 1 saturated heterocycles. The van der Waals surface area contributed by atoms with Crippen molar-refractivity contribution in [3.05, 3.63) is 47.7 Å². The molecule has 0 saturated carbocycles. The van der Waals surface area contributed by atoms with Crippen LogP contribution in [-0.2, 0) is 16.6 Å². The van der Waals surface area contributed by atoms with Crippen molar-refractivity contribution in [1.82, 2.24) is 14.4 Å². The third-order valence-electron chi connectivity index (χ3n) is 5.22. The van der Waals surface area contributed by atoms with Crippen molar-refractivity contribution >= 4 is 10.0 Å². The Morgan fingerprint density at radius 1 is 0.967 bits per heavy atom. The van der Waals surface area contributed by atoms with Gasteiger partial charge in [-0.05, 0) is 36.8 Å². The van der Waals surface area contributed by atoms with E-state index >= 15 is 0 Å². The van der Waals surface area contributed by atoms with Crippen LogP contribution >= 0.6 is 0 Å². The van der Waals surface area contributed by atoms with E-state index in [0.29, 0.717) is 43.4 Å². The lowest BCUT2D eigenvalue weighted by Crippen LogP contribution is -2.48. The van der Waals surface area contributed by atoms with Crippen LogP contribution in [0, 0.1) is 6.92 Å². The van der Waals surface area contributed by atoms with Crippen LogP contribution in [0.15, 0.2) is 50.4 Å². The van der Waals surface area contributed by atoms with Crippen molar-refractivity contribution in [2.75, 3.05) is 33.0 Å². The van der Waals surface area contributed by atoms with Gasteiger partial charge in [-0.25, -0.2) is 8.42 Å². The van der Waals surface area contributed by atoms with Crippen molar-refractivity contribution in [3.63, 3.8) is 0 Å². The van der Waals surface area contributed by atoms with E-state index in [-0.39, 0.29) is 11.9 Å². The molecule has 0 N–H and O–H groups in total. The third-order valence-corrected chi connectivity index (χ3v) is 6.99. The quantitative estimate of drug-likeness (QED) is 0.608. The third kappa shape index (κ3) is 3.57. The van der Waals surface area contributed by atoms with Crippen molar-refractivity contribution in [3.8, 4) is 23.0 Å². The van der Waals surface area contributed by atoms with Gasteiger partial charge < -0.3 is 18.4 Å². The molecule has 0 amide bonds. The number of ether oxygens (including phenoxy) is 2. The molecule has 0 atom stereocenters. The normalized spacial score (nSPS) is 17.5. The van der Waals surface area contributed by atoms with Crippen LogP contribution in [0.5, 0.6) is 11.5 Å². The number of hydrogen-bond acceptors (Lipinski definition) is 8. The highest BCUT2D eigenvalue weighted by molar-refractivity contribution is 7.89. The summed E-state index contributed by atoms with van der Waals surface area (Å²) in [6.07, 6.45) is 0. The summed E-state index contributed by atoms with van der Waals surface area (Å²) in [7, 11) is -3.71. The minimum absolute atomic E-state index is 0.0872. The van der Waals surface area contributed by atoms with Gasteiger partial charge in [-0.3, -0.25) is 4.90 Å². The van der Waals surface area contributed by atoms with E-state index in [0.717, 1.165) is 23.6 Å². The number of nitrogens with zero attached hydrogens (tertiary/aromatic N) is 3. The minimum atomic E-state index is -3.71. The first-order valence-corrected chi connectivity index (χ1v) is 11.1. The van der Waals surface area contributed by atoms with Gasteiger partial charge in [-0.15, -0.1) is 0 Å². The SMILES string of the molecule is Cc1cc(-c2ccc(S(=O)(=O)N3CCN(Cc4ccc5c(c4)OCO5)CC3)o2)on1. The number of benzene rings is 1. The van der Waals surface area contributed by atoms with Crippen LogP contribution in [0.1, 0.15) is 11.3 Å². The molecule has 30 heavy (non-hydrogen) atoms. The molecule has 1 fully saturated rings. The summed E-state index contributed by atoms with van der Waals surface area (Å²) >= 11 is 0. The van der Waals surface area contributed by atoms with Crippen LogP contribution in [0.4, 0.5) is 0 Å². The smallest absolute Gasteiger partial charge is 0.276 e. The van der Waals surface area contributed by atoms with Gasteiger partial charge in [0.15, 0.2) is 17.3 Å². The summed E-state index contributed by atoms with van der Waals surface area (Å²) in [6.45, 7) is 4.80. The summed E-state index contributed by atoms with van der Waals surface area (Å²) in [6, 6.07) is 10.6. The topological polar surface area (TPSA) is 98.3 Å². The zero-order valence-electron chi connectivity index (χ0n) is 16.4. The summed E-state index contributed by atoms with van der Waals surface area (Å²) in [5, 5.41) is 3.71. The van der Waals surface area contributed by atoms with E-state index < -0.39 is 10.0 Å². The lowest BCUT2D eigenvalue weighted by molar-refractivity contribution is 0.173. The maximum atomic E-state index is 13.0. The largest absolute Gasteiger partial charge is 0.454 e. The number of aromatic nitrogens is 1. The molecule has 4 heterocycles. The number of piperazine rings is 1. The first kappa shape index (κ1) is 19.2. The Kier molecular flexibility index (Phi) is 4.76. The highest BCUT2D eigenvalue weighted by Crippen LogP contribution is 2.33. The number of rotatable bonds is 5. The van der Waals surface area contributed by atoms with E-state index in [1.54, 1.807) is 19.1 Å². The van der Waals surface area contributed by atoms with Crippen LogP contribution in [0.3, 0.4) is 0 Å². The summed E-state index contributed by atoms with van der Waals surface area (Å²) in [5.74, 6) is 2.26. The molecule has 158 valence electrons. The summed E-state index contributed by atoms with van der Waals surface area (Å²) < 4.78 is 48.9. The molecule has 9 nitrogen and oxygen atoms in total. The zero-order chi connectivity index (χ0) is 20.7. The summed E-state index contributed by atoms with van der Waals surface area (Å²) in [4.78, 5) is 2.22. The van der Waals surface area contributed by atoms with Gasteiger partial charge in [0.2, 0.25) is 17.6 Å². The van der Waals surface area contributed by atoms with Gasteiger partial charge in [-0.1, -0.05) is 11.2 Å². The van der Waals surface area contributed by atoms with Crippen molar-refractivity contribution in [2.45, 2.75) is 18.6 Å². The Hall–Kier alpha value is -2.82. The summed E-state index contributed by atoms with van der Waals surface area (Å²) in [5.41, 5.74) is 1.80. The molecule has 5 rings (SSSR count). The molecular formula is C20H21N3O6S. The average molecular weight is 431 g/mol. The number of aryl methyl sites for hydroxylation is 1. The zero-order valence-corrected chi connectivity index (χ0v) is 17.2. The average Bonchev–Trinajstić information content (AvgIpc) is 3.48. The molecule has 3 aromatic rings. The Bertz CT molecular complexity index is 1160. The Morgan fingerprint density at radius 2 is 1.77 bits per heavy atom. The predicted molar refractivity (Wildman–Crippen MR) is 106 cm³/mol. The highest BCUT2D eigenvalue weighted by Gasteiger charge is 2.31. The molecule has 0 bridgehead atoms. The van der Waals surface area contributed by atoms with Crippen molar-refractivity contribution in [2.24, 2.45) is 0 Å². The number of fused-ring (bicyclic) bond motifs is 1. The molecule has 2 aliphatic heterocycles. The standard InChI is InChI=1S/C20H21N3O6S/c1-14-10-19(29-21-14)17-4-5-20(28-17)30(24,25)23-8-6-22(7-9-23)12-15-2-3-16-18(11-15)27-13-26-16/h2-5,10-11H,6-9,12-13H2,1H3. The van der Waals surface area contributed by atoms with Gasteiger partial charge in [0.05, 0.1) is 5.69 Å². The van der Waals surface area contributed by atoms with E-state index in [2.05, 4.69) is 10.1 Å². The fourth-order valence-electron chi connectivity index (χ4n) is 3.62. The first-order chi connectivity index (χ1) is 14.5. The maximum Gasteiger partial charge on any atom is 0.276 e. The Balaban J connectivity index is 1.23. The Morgan fingerprint density at radius 3 is 2.53 bits per heavy atom. The lowest BCUT2D eigenvalue weighted by Gasteiger charge is -2.33. The van der Waals surface area contributed by atoms with Crippen LogP contribution in [0.2, 0.25) is 0 Å². The second-order valence-electron chi connectivity index (χ2n) is 7.32. The number of furan rings is 1. The number of sulfonamides is 1. The predicted octanol–water partition coefficient (Wildman–Crippen LogP) is 2.48. The molecule has 10 heteroatoms. The fraction of sp³-hybridized carbons (Fsp3) is 0.350. The molecule has 2 aromatic heterocycles. The second kappa shape index (κ2) is 7.46. The van der Waals surface area contributed by atoms with E-state index in [4.69, 9.17) is 18.4 Å². The fourth-order valence-corrected chi connectivity index (χ4v) is 4.96. The van der Waals surface area contributed by atoms with Gasteiger partial charge >= 0.3 is 0 Å². The number of hydrogen-bond donors (Lipinski definition) is 0. The molecule has 0 unspecified atom stereocenters. The monoisotopic (exact) mass is 431 g/mol. The van der Waals surface area contributed by atoms with Crippen LogP contribution in [0.25, 0.3) is 11.5 Å². The van der Waals surface area contributed by atoms with Gasteiger partial charge in [0, 0.05) is 38.8 Å². The Labute approximate surface area is 173 Å². The molecule has 0 spiro atoms. The van der Waals surface area contributed by atoms with Gasteiger partial charge in [0.25, 0.3) is 10.0 Å². The van der Waals surface area contributed by atoms with Gasteiger partial charge in [-0.2, -0.15) is 4.31 Å². The van der Waals surface area contributed by atoms with E-state index in [1.807, 2.05) is 18.2 Å². The van der Waals surface area contributed by atoms with E-state index in [9.17, 15) is 8.42 Å². The molecule has 0 aliphatic carbocycles. The highest BCUT2D eigenvalue weighted by atomic mass is 32.2. The second-order valence-corrected chi connectivity index (χ2v) is 9.19. The van der Waals surface area contributed by atoms with Crippen LogP contribution in [-0.4, -0.2) is 55.8 Å². The van der Waals surface area contributed by atoms with Crippen molar-refractivity contribution in [1.29, 1.82) is 0 Å². The molecular weight excluding hydrogens is 410 g/mol. The molecule has 1 aromatic carbocycles. The van der Waals surface area contributed by atoms with Gasteiger partial charge in [0.1, 0.15) is 0 Å². The van der Waals surface area contributed by atoms with Crippen molar-refractivity contribution < 1.29 is 26.8 Å². The molecule has 0 radical (unpaired) electrons.